The summed E-state index contributed by atoms with van der Waals surface area (Å²) >= 11 is 0. The molecule has 0 aliphatic rings. The highest BCUT2D eigenvalue weighted by atomic mass is 28.3. The van der Waals surface area contributed by atoms with Crippen molar-refractivity contribution < 1.29 is 0 Å². The van der Waals surface area contributed by atoms with E-state index in [0.29, 0.717) is 0 Å². The summed E-state index contributed by atoms with van der Waals surface area (Å²) in [6.07, 6.45) is 29.6. The first-order valence-corrected chi connectivity index (χ1v) is 15.3. The average Bonchev–Trinajstić information content (AvgIpc) is 2.68. The SMILES string of the molecule is CCCCCC=CC(CC)[SiH](CCCCCCCC)CCCCCCCC. The van der Waals surface area contributed by atoms with Crippen LogP contribution in [0, 0.1) is 0 Å². The number of allylic oxidation sites excluding steroid dienone is 2. The fourth-order valence-electron chi connectivity index (χ4n) is 4.36. The highest BCUT2D eigenvalue weighted by Crippen LogP contribution is 2.27. The first kappa shape index (κ1) is 27.0. The lowest BCUT2D eigenvalue weighted by Crippen LogP contribution is -2.19. The Bertz CT molecular complexity index is 281. The van der Waals surface area contributed by atoms with Gasteiger partial charge in [-0.15, -0.1) is 0 Å². The molecule has 0 rings (SSSR count). The fraction of sp³-hybridized carbons (Fsp3) is 0.923. The highest BCUT2D eigenvalue weighted by Gasteiger charge is 2.18. The van der Waals surface area contributed by atoms with E-state index in [1.165, 1.54) is 109 Å². The van der Waals surface area contributed by atoms with Crippen LogP contribution in [0.15, 0.2) is 12.2 Å². The Hall–Kier alpha value is -0.0431. The molecule has 0 amide bonds. The minimum atomic E-state index is -0.612. The van der Waals surface area contributed by atoms with E-state index in [4.69, 9.17) is 0 Å². The molecule has 0 fully saturated rings. The molecular weight excluding hydrogens is 340 g/mol. The number of unbranched alkanes of at least 4 members (excludes halogenated alkanes) is 13. The molecule has 27 heavy (non-hydrogen) atoms. The lowest BCUT2D eigenvalue weighted by molar-refractivity contribution is 0.614. The number of hydrogen-bond donors (Lipinski definition) is 0. The molecule has 0 bridgehead atoms. The van der Waals surface area contributed by atoms with Crippen LogP contribution in [-0.4, -0.2) is 8.80 Å². The molecule has 0 nitrogen and oxygen atoms in total. The first-order chi connectivity index (χ1) is 13.3. The van der Waals surface area contributed by atoms with Crippen LogP contribution in [0.5, 0.6) is 0 Å². The maximum atomic E-state index is 2.67. The predicted molar refractivity (Wildman–Crippen MR) is 131 cm³/mol. The maximum Gasteiger partial charge on any atom is 0.0441 e. The zero-order valence-corrected chi connectivity index (χ0v) is 20.9. The van der Waals surface area contributed by atoms with E-state index in [0.717, 1.165) is 5.54 Å². The van der Waals surface area contributed by atoms with E-state index in [1.54, 1.807) is 12.1 Å². The van der Waals surface area contributed by atoms with E-state index >= 15 is 0 Å². The quantitative estimate of drug-likeness (QED) is 0.103. The van der Waals surface area contributed by atoms with Gasteiger partial charge in [-0.25, -0.2) is 0 Å². The molecule has 1 heteroatoms. The van der Waals surface area contributed by atoms with Gasteiger partial charge in [0.25, 0.3) is 0 Å². The Balaban J connectivity index is 4.30. The van der Waals surface area contributed by atoms with Crippen LogP contribution in [-0.2, 0) is 0 Å². The Morgan fingerprint density at radius 2 is 1.00 bits per heavy atom. The normalized spacial score (nSPS) is 13.1. The van der Waals surface area contributed by atoms with E-state index in [-0.39, 0.29) is 0 Å². The lowest BCUT2D eigenvalue weighted by atomic mass is 10.1. The molecule has 162 valence electrons. The van der Waals surface area contributed by atoms with Crippen LogP contribution in [0.3, 0.4) is 0 Å². The minimum Gasteiger partial charge on any atom is -0.0886 e. The molecule has 0 N–H and O–H groups in total. The zero-order chi connectivity index (χ0) is 20.0. The summed E-state index contributed by atoms with van der Waals surface area (Å²) in [5.74, 6) is 0. The van der Waals surface area contributed by atoms with Crippen molar-refractivity contribution in [2.24, 2.45) is 0 Å². The highest BCUT2D eigenvalue weighted by molar-refractivity contribution is 6.61. The monoisotopic (exact) mass is 394 g/mol. The largest absolute Gasteiger partial charge is 0.0886 e. The third-order valence-corrected chi connectivity index (χ3v) is 10.5. The standard InChI is InChI=1S/C26H54Si/c1-5-9-12-15-18-21-24-27(25-22-19-16-13-10-6-2)26(8-4)23-20-17-14-11-7-3/h20,23,26-27H,5-19,21-22,24-25H2,1-4H3. The topological polar surface area (TPSA) is 0 Å². The van der Waals surface area contributed by atoms with Crippen molar-refractivity contribution in [1.29, 1.82) is 0 Å². The summed E-state index contributed by atoms with van der Waals surface area (Å²) < 4.78 is 0. The molecule has 0 spiro atoms. The van der Waals surface area contributed by atoms with Gasteiger partial charge in [0.05, 0.1) is 0 Å². The van der Waals surface area contributed by atoms with Crippen LogP contribution in [0.1, 0.15) is 137 Å². The summed E-state index contributed by atoms with van der Waals surface area (Å²) in [4.78, 5) is 0. The second-order valence-corrected chi connectivity index (χ2v) is 12.4. The van der Waals surface area contributed by atoms with Crippen molar-refractivity contribution >= 4 is 8.80 Å². The Kier molecular flexibility index (Phi) is 22.2. The predicted octanol–water partition coefficient (Wildman–Crippen LogP) is 9.85. The van der Waals surface area contributed by atoms with Crippen LogP contribution in [0.4, 0.5) is 0 Å². The molecule has 0 aliphatic carbocycles. The van der Waals surface area contributed by atoms with Crippen LogP contribution >= 0.6 is 0 Å². The number of hydrogen-bond acceptors (Lipinski definition) is 0. The second-order valence-electron chi connectivity index (χ2n) is 8.87. The molecule has 0 heterocycles. The molecule has 0 aromatic rings. The smallest absolute Gasteiger partial charge is 0.0441 e. The van der Waals surface area contributed by atoms with Gasteiger partial charge in [-0.3, -0.25) is 0 Å². The van der Waals surface area contributed by atoms with Crippen LogP contribution in [0.2, 0.25) is 17.6 Å². The minimum absolute atomic E-state index is 0.612. The van der Waals surface area contributed by atoms with Gasteiger partial charge in [0.2, 0.25) is 0 Å². The molecule has 0 radical (unpaired) electrons. The van der Waals surface area contributed by atoms with Crippen LogP contribution in [0.25, 0.3) is 0 Å². The van der Waals surface area contributed by atoms with Crippen molar-refractivity contribution in [2.45, 2.75) is 154 Å². The van der Waals surface area contributed by atoms with Gasteiger partial charge >= 0.3 is 0 Å². The molecule has 1 unspecified atom stereocenters. The third-order valence-electron chi connectivity index (χ3n) is 6.29. The van der Waals surface area contributed by atoms with Crippen molar-refractivity contribution in [3.05, 3.63) is 12.2 Å². The number of rotatable bonds is 21. The van der Waals surface area contributed by atoms with Crippen molar-refractivity contribution in [1.82, 2.24) is 0 Å². The van der Waals surface area contributed by atoms with E-state index < -0.39 is 8.80 Å². The maximum absolute atomic E-state index is 2.67. The van der Waals surface area contributed by atoms with Gasteiger partial charge in [-0.05, 0) is 18.4 Å². The van der Waals surface area contributed by atoms with Crippen molar-refractivity contribution in [3.8, 4) is 0 Å². The van der Waals surface area contributed by atoms with E-state index in [2.05, 4.69) is 39.8 Å². The van der Waals surface area contributed by atoms with Gasteiger partial charge in [0, 0.05) is 8.80 Å². The van der Waals surface area contributed by atoms with Crippen molar-refractivity contribution in [3.63, 3.8) is 0 Å². The Morgan fingerprint density at radius 1 is 0.556 bits per heavy atom. The van der Waals surface area contributed by atoms with E-state index in [9.17, 15) is 0 Å². The molecule has 0 aliphatic heterocycles. The molecular formula is C26H54Si. The molecule has 0 aromatic carbocycles. The zero-order valence-electron chi connectivity index (χ0n) is 19.7. The lowest BCUT2D eigenvalue weighted by Gasteiger charge is -2.23. The van der Waals surface area contributed by atoms with E-state index in [1.807, 2.05) is 0 Å². The Morgan fingerprint density at radius 3 is 1.48 bits per heavy atom. The van der Waals surface area contributed by atoms with Crippen LogP contribution < -0.4 is 0 Å². The molecule has 0 saturated carbocycles. The van der Waals surface area contributed by atoms with Gasteiger partial charge in [-0.1, -0.05) is 148 Å². The summed E-state index contributed by atoms with van der Waals surface area (Å²) in [7, 11) is -0.612. The molecule has 0 aromatic heterocycles. The second kappa shape index (κ2) is 22.2. The third kappa shape index (κ3) is 17.8. The molecule has 1 atom stereocenters. The molecule has 0 saturated heterocycles. The summed E-state index contributed by atoms with van der Waals surface area (Å²) in [6.45, 7) is 9.40. The first-order valence-electron chi connectivity index (χ1n) is 13.0. The fourth-order valence-corrected chi connectivity index (χ4v) is 8.27. The van der Waals surface area contributed by atoms with Gasteiger partial charge in [-0.2, -0.15) is 0 Å². The average molecular weight is 395 g/mol. The van der Waals surface area contributed by atoms with Gasteiger partial charge in [0.1, 0.15) is 0 Å². The van der Waals surface area contributed by atoms with Gasteiger partial charge in [0.15, 0.2) is 0 Å². The van der Waals surface area contributed by atoms with Gasteiger partial charge < -0.3 is 0 Å². The van der Waals surface area contributed by atoms with Crippen molar-refractivity contribution in [2.75, 3.05) is 0 Å². The Labute approximate surface area is 175 Å². The summed E-state index contributed by atoms with van der Waals surface area (Å²) in [5.41, 5.74) is 0.970. The summed E-state index contributed by atoms with van der Waals surface area (Å²) in [5, 5.41) is 0. The summed E-state index contributed by atoms with van der Waals surface area (Å²) in [6, 6.07) is 3.22.